The number of hydrogen-bond acceptors (Lipinski definition) is 0. The van der Waals surface area contributed by atoms with Crippen LogP contribution in [0.4, 0.5) is 0 Å². The van der Waals surface area contributed by atoms with Crippen LogP contribution in [0.25, 0.3) is 0 Å². The second kappa shape index (κ2) is 33.6. The maximum Gasteiger partial charge on any atom is -0.0298 e. The molecule has 0 radical (unpaired) electrons. The van der Waals surface area contributed by atoms with Crippen molar-refractivity contribution in [1.82, 2.24) is 0 Å². The first-order valence-corrected chi connectivity index (χ1v) is 13.2. The quantitative estimate of drug-likeness (QED) is 0.441. The average molecular weight is 389 g/mol. The molecule has 0 bridgehead atoms. The molecule has 0 heteroatoms. The zero-order valence-corrected chi connectivity index (χ0v) is 22.7. The number of rotatable bonds is 2. The van der Waals surface area contributed by atoms with E-state index >= 15 is 0 Å². The van der Waals surface area contributed by atoms with Crippen LogP contribution in [0.2, 0.25) is 0 Å². The van der Waals surface area contributed by atoms with E-state index in [4.69, 9.17) is 0 Å². The van der Waals surface area contributed by atoms with Crippen LogP contribution < -0.4 is 0 Å². The summed E-state index contributed by atoms with van der Waals surface area (Å²) in [6, 6.07) is 0. The largest absolute Gasteiger partial charge is 0.0683 e. The van der Waals surface area contributed by atoms with Crippen molar-refractivity contribution in [3.63, 3.8) is 0 Å². The topological polar surface area (TPSA) is 0 Å². The molecule has 0 amide bonds. The van der Waals surface area contributed by atoms with E-state index in [9.17, 15) is 0 Å². The van der Waals surface area contributed by atoms with Gasteiger partial charge in [0.2, 0.25) is 0 Å². The summed E-state index contributed by atoms with van der Waals surface area (Å²) < 4.78 is 0. The Labute approximate surface area is 178 Å². The van der Waals surface area contributed by atoms with Crippen LogP contribution in [0.3, 0.4) is 0 Å². The highest BCUT2D eigenvalue weighted by molar-refractivity contribution is 4.88. The molecule has 0 spiro atoms. The minimum absolute atomic E-state index is 0.640. The Balaban J connectivity index is -0.000000115. The third kappa shape index (κ3) is 19.1. The maximum absolute atomic E-state index is 2.57. The summed E-state index contributed by atoms with van der Waals surface area (Å²) in [5.41, 5.74) is 0.640. The molecule has 2 saturated carbocycles. The molecule has 0 N–H and O–H groups in total. The fourth-order valence-electron chi connectivity index (χ4n) is 4.03. The highest BCUT2D eigenvalue weighted by Gasteiger charge is 2.37. The van der Waals surface area contributed by atoms with Crippen LogP contribution in [0.1, 0.15) is 161 Å². The molecular formula is C27H64. The van der Waals surface area contributed by atoms with E-state index in [1.54, 1.807) is 0 Å². The fraction of sp³-hybridized carbons (Fsp3) is 1.00. The van der Waals surface area contributed by atoms with E-state index in [-0.39, 0.29) is 0 Å². The molecule has 27 heavy (non-hydrogen) atoms. The predicted molar refractivity (Wildman–Crippen MR) is 135 cm³/mol. The van der Waals surface area contributed by atoms with Gasteiger partial charge in [0, 0.05) is 0 Å². The highest BCUT2D eigenvalue weighted by Crippen LogP contribution is 2.48. The van der Waals surface area contributed by atoms with Gasteiger partial charge in [-0.3, -0.25) is 0 Å². The van der Waals surface area contributed by atoms with Gasteiger partial charge in [0.1, 0.15) is 0 Å². The minimum atomic E-state index is 0.640. The maximum atomic E-state index is 2.57. The van der Waals surface area contributed by atoms with Crippen LogP contribution in [0.5, 0.6) is 0 Å². The van der Waals surface area contributed by atoms with E-state index in [2.05, 4.69) is 13.8 Å². The predicted octanol–water partition coefficient (Wildman–Crippen LogP) is 11.3. The van der Waals surface area contributed by atoms with Crippen molar-refractivity contribution in [3.05, 3.63) is 0 Å². The standard InChI is InChI=1S/C15H28.6C2H6/c1-15(2,13-9-5-3-6-10-13)14-11-7-4-8-12-14;6*1-2/h13-14H,3-12H2,1-2H3;6*1-2H3. The zero-order valence-electron chi connectivity index (χ0n) is 22.7. The average Bonchev–Trinajstić information content (AvgIpc) is 2.83. The van der Waals surface area contributed by atoms with E-state index in [0.29, 0.717) is 5.41 Å². The van der Waals surface area contributed by atoms with Crippen molar-refractivity contribution >= 4 is 0 Å². The molecule has 2 aliphatic carbocycles. The summed E-state index contributed by atoms with van der Waals surface area (Å²) in [6.45, 7) is 29.1. The molecule has 0 aliphatic heterocycles. The van der Waals surface area contributed by atoms with Crippen molar-refractivity contribution in [3.8, 4) is 0 Å². The Morgan fingerprint density at radius 1 is 0.370 bits per heavy atom. The molecule has 0 unspecified atom stereocenters. The van der Waals surface area contributed by atoms with Crippen molar-refractivity contribution in [2.75, 3.05) is 0 Å². The van der Waals surface area contributed by atoms with Gasteiger partial charge >= 0.3 is 0 Å². The van der Waals surface area contributed by atoms with Gasteiger partial charge in [0.25, 0.3) is 0 Å². The van der Waals surface area contributed by atoms with Crippen LogP contribution >= 0.6 is 0 Å². The SMILES string of the molecule is CC.CC.CC.CC.CC.CC.CC(C)(C1CCCCC1)C1CCCCC1. The van der Waals surface area contributed by atoms with E-state index in [0.717, 1.165) is 11.8 Å². The van der Waals surface area contributed by atoms with Gasteiger partial charge in [-0.15, -0.1) is 0 Å². The van der Waals surface area contributed by atoms with Gasteiger partial charge < -0.3 is 0 Å². The lowest BCUT2D eigenvalue weighted by molar-refractivity contribution is 0.0587. The number of hydrogen-bond donors (Lipinski definition) is 0. The van der Waals surface area contributed by atoms with E-state index < -0.39 is 0 Å². The van der Waals surface area contributed by atoms with Gasteiger partial charge in [-0.1, -0.05) is 135 Å². The van der Waals surface area contributed by atoms with Crippen molar-refractivity contribution in [2.24, 2.45) is 17.3 Å². The molecule has 0 aromatic heterocycles. The van der Waals surface area contributed by atoms with E-state index in [1.807, 2.05) is 83.1 Å². The van der Waals surface area contributed by atoms with Crippen molar-refractivity contribution < 1.29 is 0 Å². The Morgan fingerprint density at radius 2 is 0.556 bits per heavy atom. The molecule has 0 heterocycles. The van der Waals surface area contributed by atoms with Gasteiger partial charge in [-0.05, 0) is 42.9 Å². The van der Waals surface area contributed by atoms with Gasteiger partial charge in [0.15, 0.2) is 0 Å². The molecule has 0 saturated heterocycles. The van der Waals surface area contributed by atoms with Crippen LogP contribution in [-0.4, -0.2) is 0 Å². The molecule has 172 valence electrons. The van der Waals surface area contributed by atoms with Crippen LogP contribution in [0, 0.1) is 17.3 Å². The summed E-state index contributed by atoms with van der Waals surface area (Å²) in [5, 5.41) is 0. The smallest absolute Gasteiger partial charge is 0.0298 e. The van der Waals surface area contributed by atoms with Crippen molar-refractivity contribution in [1.29, 1.82) is 0 Å². The lowest BCUT2D eigenvalue weighted by atomic mass is 9.61. The van der Waals surface area contributed by atoms with Crippen LogP contribution in [-0.2, 0) is 0 Å². The van der Waals surface area contributed by atoms with Crippen molar-refractivity contribution in [2.45, 2.75) is 161 Å². The first kappa shape index (κ1) is 37.7. The minimum Gasteiger partial charge on any atom is -0.0683 e. The Kier molecular flexibility index (Phi) is 46.9. The molecule has 0 nitrogen and oxygen atoms in total. The van der Waals surface area contributed by atoms with Gasteiger partial charge in [0.05, 0.1) is 0 Å². The van der Waals surface area contributed by atoms with Gasteiger partial charge in [-0.25, -0.2) is 0 Å². The molecule has 0 aromatic rings. The van der Waals surface area contributed by atoms with Crippen LogP contribution in [0.15, 0.2) is 0 Å². The normalized spacial score (nSPS) is 16.2. The first-order valence-electron chi connectivity index (χ1n) is 13.2. The first-order chi connectivity index (χ1) is 13.2. The third-order valence-corrected chi connectivity index (χ3v) is 5.31. The molecule has 0 aromatic carbocycles. The van der Waals surface area contributed by atoms with Gasteiger partial charge in [-0.2, -0.15) is 0 Å². The Bertz CT molecular complexity index is 160. The molecular weight excluding hydrogens is 324 g/mol. The second-order valence-corrected chi connectivity index (χ2v) is 6.49. The molecule has 0 atom stereocenters. The molecule has 2 fully saturated rings. The summed E-state index contributed by atoms with van der Waals surface area (Å²) in [6.07, 6.45) is 15.1. The lowest BCUT2D eigenvalue weighted by Crippen LogP contribution is -2.35. The fourth-order valence-corrected chi connectivity index (χ4v) is 4.03. The Morgan fingerprint density at radius 3 is 0.741 bits per heavy atom. The lowest BCUT2D eigenvalue weighted by Gasteiger charge is -2.44. The second-order valence-electron chi connectivity index (χ2n) is 6.49. The Hall–Kier alpha value is 0. The molecule has 2 aliphatic rings. The monoisotopic (exact) mass is 389 g/mol. The summed E-state index contributed by atoms with van der Waals surface area (Å²) in [4.78, 5) is 0. The molecule has 2 rings (SSSR count). The summed E-state index contributed by atoms with van der Waals surface area (Å²) in [5.74, 6) is 2.07. The van der Waals surface area contributed by atoms with E-state index in [1.165, 1.54) is 64.2 Å². The highest BCUT2D eigenvalue weighted by atomic mass is 14.4. The zero-order chi connectivity index (χ0) is 22.7. The summed E-state index contributed by atoms with van der Waals surface area (Å²) >= 11 is 0. The summed E-state index contributed by atoms with van der Waals surface area (Å²) in [7, 11) is 0. The third-order valence-electron chi connectivity index (χ3n) is 5.31.